The van der Waals surface area contributed by atoms with E-state index in [1.54, 1.807) is 17.6 Å². The second-order valence-electron chi connectivity index (χ2n) is 8.86. The summed E-state index contributed by atoms with van der Waals surface area (Å²) in [6.45, 7) is 8.11. The summed E-state index contributed by atoms with van der Waals surface area (Å²) in [7, 11) is 0. The maximum absolute atomic E-state index is 12.8. The van der Waals surface area contributed by atoms with Gasteiger partial charge < -0.3 is 26.0 Å². The molecule has 0 atom stereocenters. The summed E-state index contributed by atoms with van der Waals surface area (Å²) in [6, 6.07) is 10.4. The second-order valence-corrected chi connectivity index (χ2v) is 8.86. The minimum absolute atomic E-state index is 0.00632. The molecule has 2 amide bonds. The predicted octanol–water partition coefficient (Wildman–Crippen LogP) is 1.76. The number of carbonyl (C=O) groups excluding carboxylic acids is 2. The maximum atomic E-state index is 12.8. The summed E-state index contributed by atoms with van der Waals surface area (Å²) in [4.78, 5) is 25.4. The van der Waals surface area contributed by atoms with E-state index in [-0.39, 0.29) is 35.7 Å². The molecule has 5 N–H and O–H groups in total. The van der Waals surface area contributed by atoms with Gasteiger partial charge in [0.2, 0.25) is 12.2 Å². The number of aromatic hydroxyl groups is 2. The van der Waals surface area contributed by atoms with Crippen molar-refractivity contribution in [3.63, 3.8) is 0 Å². The first kappa shape index (κ1) is 27.6. The van der Waals surface area contributed by atoms with Crippen LogP contribution in [0.15, 0.2) is 36.4 Å². The summed E-state index contributed by atoms with van der Waals surface area (Å²) in [5.74, 6) is -0.309. The van der Waals surface area contributed by atoms with Crippen LogP contribution in [0.1, 0.15) is 48.4 Å². The zero-order valence-electron chi connectivity index (χ0n) is 21.3. The Balaban J connectivity index is 2.02. The SMILES string of the molecule is CCNC(=O)c1nnc(-c2cc(C(C)C)c(O)cc2O)n1-c1ccc(CN(CCO)CCNC=O)cc1. The minimum atomic E-state index is -0.413. The van der Waals surface area contributed by atoms with Crippen molar-refractivity contribution in [2.75, 3.05) is 32.8 Å². The lowest BCUT2D eigenvalue weighted by molar-refractivity contribution is -0.109. The van der Waals surface area contributed by atoms with E-state index < -0.39 is 5.91 Å². The van der Waals surface area contributed by atoms with Crippen molar-refractivity contribution in [1.29, 1.82) is 0 Å². The number of nitrogens with zero attached hydrogens (tertiary/aromatic N) is 4. The fourth-order valence-corrected chi connectivity index (χ4v) is 4.03. The van der Waals surface area contributed by atoms with E-state index in [9.17, 15) is 24.9 Å². The standard InChI is InChI=1S/C26H34N6O5/c1-4-28-26(37)25-30-29-24(21-13-20(17(2)3)22(35)14-23(21)36)32(25)19-7-5-18(6-8-19)15-31(11-12-33)10-9-27-16-34/h5-8,13-14,16-17,33,35-36H,4,9-12,15H2,1-3H3,(H,27,34)(H,28,37). The van der Waals surface area contributed by atoms with Crippen molar-refractivity contribution in [1.82, 2.24) is 30.3 Å². The molecule has 0 radical (unpaired) electrons. The van der Waals surface area contributed by atoms with Crippen molar-refractivity contribution in [3.05, 3.63) is 53.3 Å². The number of carbonyl (C=O) groups is 2. The van der Waals surface area contributed by atoms with Crippen LogP contribution in [-0.4, -0.2) is 80.1 Å². The number of phenols is 2. The van der Waals surface area contributed by atoms with Gasteiger partial charge in [-0.1, -0.05) is 26.0 Å². The topological polar surface area (TPSA) is 153 Å². The van der Waals surface area contributed by atoms with Crippen molar-refractivity contribution in [2.45, 2.75) is 33.2 Å². The second kappa shape index (κ2) is 12.8. The Bertz CT molecular complexity index is 1210. The van der Waals surface area contributed by atoms with Crippen LogP contribution in [-0.2, 0) is 11.3 Å². The molecule has 2 aromatic carbocycles. The molecule has 1 aromatic heterocycles. The fourth-order valence-electron chi connectivity index (χ4n) is 4.03. The van der Waals surface area contributed by atoms with Crippen molar-refractivity contribution < 1.29 is 24.9 Å². The molecule has 37 heavy (non-hydrogen) atoms. The molecule has 11 heteroatoms. The zero-order valence-corrected chi connectivity index (χ0v) is 21.3. The summed E-state index contributed by atoms with van der Waals surface area (Å²) >= 11 is 0. The number of aromatic nitrogens is 3. The average Bonchev–Trinajstić information content (AvgIpc) is 3.30. The number of aliphatic hydroxyl groups excluding tert-OH is 1. The largest absolute Gasteiger partial charge is 0.508 e. The Hall–Kier alpha value is -3.96. The average molecular weight is 511 g/mol. The highest BCUT2D eigenvalue weighted by atomic mass is 16.3. The van der Waals surface area contributed by atoms with Gasteiger partial charge in [-0.05, 0) is 42.2 Å². The van der Waals surface area contributed by atoms with Gasteiger partial charge in [-0.2, -0.15) is 0 Å². The molecular formula is C26H34N6O5. The summed E-state index contributed by atoms with van der Waals surface area (Å²) in [6.07, 6.45) is 0.644. The smallest absolute Gasteiger partial charge is 0.289 e. The molecule has 0 saturated carbocycles. The van der Waals surface area contributed by atoms with Crippen molar-refractivity contribution in [3.8, 4) is 28.6 Å². The number of benzene rings is 2. The van der Waals surface area contributed by atoms with E-state index in [0.29, 0.717) is 55.9 Å². The van der Waals surface area contributed by atoms with Gasteiger partial charge in [-0.3, -0.25) is 19.1 Å². The van der Waals surface area contributed by atoms with E-state index >= 15 is 0 Å². The van der Waals surface area contributed by atoms with Gasteiger partial charge in [0.05, 0.1) is 12.2 Å². The molecule has 0 bridgehead atoms. The molecule has 198 valence electrons. The number of amides is 2. The van der Waals surface area contributed by atoms with E-state index in [0.717, 1.165) is 5.56 Å². The first-order valence-corrected chi connectivity index (χ1v) is 12.2. The molecule has 0 aliphatic heterocycles. The number of hydrogen-bond acceptors (Lipinski definition) is 8. The Morgan fingerprint density at radius 3 is 2.46 bits per heavy atom. The van der Waals surface area contributed by atoms with Crippen LogP contribution < -0.4 is 10.6 Å². The third kappa shape index (κ3) is 6.63. The van der Waals surface area contributed by atoms with Crippen LogP contribution in [0.4, 0.5) is 0 Å². The molecule has 0 saturated heterocycles. The monoisotopic (exact) mass is 510 g/mol. The summed E-state index contributed by atoms with van der Waals surface area (Å²) in [5, 5.41) is 44.0. The van der Waals surface area contributed by atoms with Crippen LogP contribution in [0.2, 0.25) is 0 Å². The van der Waals surface area contributed by atoms with Crippen LogP contribution in [0.3, 0.4) is 0 Å². The Kier molecular flexibility index (Phi) is 9.58. The fraction of sp³-hybridized carbons (Fsp3) is 0.385. The van der Waals surface area contributed by atoms with E-state index in [4.69, 9.17) is 0 Å². The molecule has 3 aromatic rings. The number of phenolic OH excluding ortho intramolecular Hbond substituents is 2. The van der Waals surface area contributed by atoms with Crippen LogP contribution in [0, 0.1) is 0 Å². The molecule has 3 rings (SSSR count). The maximum Gasteiger partial charge on any atom is 0.289 e. The number of aliphatic hydroxyl groups is 1. The molecule has 0 aliphatic carbocycles. The molecular weight excluding hydrogens is 476 g/mol. The normalized spacial score (nSPS) is 11.2. The van der Waals surface area contributed by atoms with Gasteiger partial charge in [0.15, 0.2) is 5.82 Å². The van der Waals surface area contributed by atoms with Gasteiger partial charge >= 0.3 is 0 Å². The third-order valence-corrected chi connectivity index (χ3v) is 5.88. The summed E-state index contributed by atoms with van der Waals surface area (Å²) < 4.78 is 1.57. The van der Waals surface area contributed by atoms with Gasteiger partial charge in [0.1, 0.15) is 11.5 Å². The molecule has 0 fully saturated rings. The first-order valence-electron chi connectivity index (χ1n) is 12.2. The van der Waals surface area contributed by atoms with Crippen LogP contribution >= 0.6 is 0 Å². The molecule has 0 aliphatic rings. The Morgan fingerprint density at radius 2 is 1.84 bits per heavy atom. The molecule has 0 unspecified atom stereocenters. The summed E-state index contributed by atoms with van der Waals surface area (Å²) in [5.41, 5.74) is 2.54. The van der Waals surface area contributed by atoms with Gasteiger partial charge in [-0.15, -0.1) is 10.2 Å². The third-order valence-electron chi connectivity index (χ3n) is 5.88. The molecule has 11 nitrogen and oxygen atoms in total. The molecule has 1 heterocycles. The van der Waals surface area contributed by atoms with Gasteiger partial charge in [-0.25, -0.2) is 0 Å². The van der Waals surface area contributed by atoms with E-state index in [1.807, 2.05) is 43.0 Å². The number of nitrogens with one attached hydrogen (secondary N) is 2. The Labute approximate surface area is 215 Å². The number of rotatable bonds is 13. The number of hydrogen-bond donors (Lipinski definition) is 5. The van der Waals surface area contributed by atoms with Gasteiger partial charge in [0, 0.05) is 44.5 Å². The minimum Gasteiger partial charge on any atom is -0.508 e. The molecule has 0 spiro atoms. The first-order chi connectivity index (χ1) is 17.8. The quantitative estimate of drug-likeness (QED) is 0.172. The van der Waals surface area contributed by atoms with Crippen molar-refractivity contribution in [2.24, 2.45) is 0 Å². The van der Waals surface area contributed by atoms with E-state index in [2.05, 4.69) is 20.8 Å². The Morgan fingerprint density at radius 1 is 1.11 bits per heavy atom. The van der Waals surface area contributed by atoms with Crippen LogP contribution in [0.25, 0.3) is 17.1 Å². The lowest BCUT2D eigenvalue weighted by Crippen LogP contribution is -2.33. The highest BCUT2D eigenvalue weighted by molar-refractivity contribution is 5.92. The van der Waals surface area contributed by atoms with Crippen molar-refractivity contribution >= 4 is 12.3 Å². The highest BCUT2D eigenvalue weighted by Crippen LogP contribution is 2.38. The highest BCUT2D eigenvalue weighted by Gasteiger charge is 2.24. The van der Waals surface area contributed by atoms with E-state index in [1.165, 1.54) is 6.07 Å². The zero-order chi connectivity index (χ0) is 26.9. The predicted molar refractivity (Wildman–Crippen MR) is 139 cm³/mol. The lowest BCUT2D eigenvalue weighted by Gasteiger charge is -2.21. The van der Waals surface area contributed by atoms with Gasteiger partial charge in [0.25, 0.3) is 5.91 Å². The van der Waals surface area contributed by atoms with Crippen LogP contribution in [0.5, 0.6) is 11.5 Å². The lowest BCUT2D eigenvalue weighted by atomic mass is 9.98.